The lowest BCUT2D eigenvalue weighted by atomic mass is 10.1. The van der Waals surface area contributed by atoms with Gasteiger partial charge in [0, 0.05) is 31.6 Å². The fourth-order valence-corrected chi connectivity index (χ4v) is 2.46. The molecule has 1 rings (SSSR count). The second-order valence-electron chi connectivity index (χ2n) is 4.27. The number of hydrogen-bond donors (Lipinski definition) is 2. The van der Waals surface area contributed by atoms with Crippen LogP contribution in [0.2, 0.25) is 0 Å². The van der Waals surface area contributed by atoms with E-state index in [4.69, 9.17) is 5.73 Å². The number of nitrogens with one attached hydrogen (secondary N) is 1. The van der Waals surface area contributed by atoms with Crippen molar-refractivity contribution < 1.29 is 4.79 Å². The summed E-state index contributed by atoms with van der Waals surface area (Å²) in [6.45, 7) is 2.13. The molecule has 18 heavy (non-hydrogen) atoms. The lowest BCUT2D eigenvalue weighted by Crippen LogP contribution is -2.33. The molecule has 100 valence electrons. The smallest absolute Gasteiger partial charge is 0.253 e. The number of nitrogen functional groups attached to an aromatic ring is 1. The van der Waals surface area contributed by atoms with Crippen LogP contribution in [0.1, 0.15) is 17.3 Å². The number of rotatable bonds is 5. The summed E-state index contributed by atoms with van der Waals surface area (Å²) in [5.74, 6) is 0.909. The molecule has 5 heteroatoms. The van der Waals surface area contributed by atoms with Gasteiger partial charge in [0.05, 0.1) is 11.3 Å². The number of carbonyl (C=O) groups excluding carboxylic acids is 1. The molecular formula is C13H21N3OS. The van der Waals surface area contributed by atoms with E-state index >= 15 is 0 Å². The average Bonchev–Trinajstić information content (AvgIpc) is 2.37. The molecule has 0 fully saturated rings. The van der Waals surface area contributed by atoms with Crippen LogP contribution in [-0.4, -0.2) is 38.1 Å². The number of hydrogen-bond acceptors (Lipinski definition) is 4. The maximum absolute atomic E-state index is 11.8. The van der Waals surface area contributed by atoms with Gasteiger partial charge in [-0.2, -0.15) is 11.8 Å². The summed E-state index contributed by atoms with van der Waals surface area (Å²) in [6, 6.07) is 5.71. The van der Waals surface area contributed by atoms with Crippen molar-refractivity contribution >= 4 is 29.0 Å². The molecule has 0 aliphatic rings. The van der Waals surface area contributed by atoms with Gasteiger partial charge in [-0.05, 0) is 31.4 Å². The number of benzene rings is 1. The van der Waals surface area contributed by atoms with Gasteiger partial charge >= 0.3 is 0 Å². The molecule has 0 spiro atoms. The van der Waals surface area contributed by atoms with Crippen LogP contribution in [0.25, 0.3) is 0 Å². The molecular weight excluding hydrogens is 246 g/mol. The van der Waals surface area contributed by atoms with Crippen molar-refractivity contribution in [3.8, 4) is 0 Å². The third-order valence-electron chi connectivity index (χ3n) is 2.94. The Balaban J connectivity index is 3.12. The lowest BCUT2D eigenvalue weighted by Gasteiger charge is -2.28. The molecule has 4 nitrogen and oxygen atoms in total. The lowest BCUT2D eigenvalue weighted by molar-refractivity contribution is 0.0963. The molecule has 1 atom stereocenters. The summed E-state index contributed by atoms with van der Waals surface area (Å²) < 4.78 is 0. The van der Waals surface area contributed by atoms with Crippen molar-refractivity contribution in [2.75, 3.05) is 36.7 Å². The quantitative estimate of drug-likeness (QED) is 0.799. The van der Waals surface area contributed by atoms with Crippen molar-refractivity contribution in [2.45, 2.75) is 13.0 Å². The van der Waals surface area contributed by atoms with Crippen LogP contribution in [0.4, 0.5) is 11.4 Å². The van der Waals surface area contributed by atoms with Gasteiger partial charge in [-0.3, -0.25) is 4.79 Å². The van der Waals surface area contributed by atoms with Crippen LogP contribution in [-0.2, 0) is 0 Å². The largest absolute Gasteiger partial charge is 0.399 e. The first-order valence-corrected chi connectivity index (χ1v) is 7.24. The highest BCUT2D eigenvalue weighted by Gasteiger charge is 2.17. The Morgan fingerprint density at radius 1 is 1.56 bits per heavy atom. The zero-order valence-electron chi connectivity index (χ0n) is 11.4. The Bertz CT molecular complexity index is 423. The fourth-order valence-electron chi connectivity index (χ4n) is 1.76. The van der Waals surface area contributed by atoms with E-state index in [1.165, 1.54) is 0 Å². The number of anilines is 2. The van der Waals surface area contributed by atoms with Crippen molar-refractivity contribution in [3.05, 3.63) is 23.8 Å². The number of carbonyl (C=O) groups is 1. The molecule has 0 heterocycles. The van der Waals surface area contributed by atoms with Crippen LogP contribution in [0.15, 0.2) is 18.2 Å². The summed E-state index contributed by atoms with van der Waals surface area (Å²) in [6.07, 6.45) is 2.07. The molecule has 1 amide bonds. The fraction of sp³-hybridized carbons (Fsp3) is 0.462. The first kappa shape index (κ1) is 14.7. The first-order valence-electron chi connectivity index (χ1n) is 5.84. The molecule has 0 aromatic heterocycles. The normalized spacial score (nSPS) is 12.0. The van der Waals surface area contributed by atoms with Gasteiger partial charge in [-0.15, -0.1) is 0 Å². The van der Waals surface area contributed by atoms with E-state index in [9.17, 15) is 4.79 Å². The second-order valence-corrected chi connectivity index (χ2v) is 5.18. The van der Waals surface area contributed by atoms with E-state index in [2.05, 4.69) is 23.4 Å². The predicted molar refractivity (Wildman–Crippen MR) is 80.5 cm³/mol. The molecule has 0 saturated heterocycles. The molecule has 1 unspecified atom stereocenters. The molecule has 1 aromatic carbocycles. The van der Waals surface area contributed by atoms with Crippen molar-refractivity contribution in [1.29, 1.82) is 0 Å². The van der Waals surface area contributed by atoms with E-state index in [0.29, 0.717) is 17.3 Å². The zero-order chi connectivity index (χ0) is 13.7. The number of thioether (sulfide) groups is 1. The van der Waals surface area contributed by atoms with Crippen LogP contribution in [0.5, 0.6) is 0 Å². The Kier molecular flexibility index (Phi) is 5.34. The van der Waals surface area contributed by atoms with E-state index in [-0.39, 0.29) is 5.91 Å². The van der Waals surface area contributed by atoms with Crippen molar-refractivity contribution in [1.82, 2.24) is 5.32 Å². The third-order valence-corrected chi connectivity index (χ3v) is 3.76. The molecule has 0 radical (unpaired) electrons. The second kappa shape index (κ2) is 6.54. The van der Waals surface area contributed by atoms with Crippen molar-refractivity contribution in [3.63, 3.8) is 0 Å². The summed E-state index contributed by atoms with van der Waals surface area (Å²) in [5, 5.41) is 2.66. The molecule has 0 bridgehead atoms. The highest BCUT2D eigenvalue weighted by Crippen LogP contribution is 2.25. The molecule has 3 N–H and O–H groups in total. The van der Waals surface area contributed by atoms with Crippen molar-refractivity contribution in [2.24, 2.45) is 0 Å². The highest BCUT2D eigenvalue weighted by atomic mass is 32.2. The van der Waals surface area contributed by atoms with Gasteiger partial charge < -0.3 is 16.0 Å². The number of nitrogens with two attached hydrogens (primary N) is 1. The molecule has 0 aliphatic heterocycles. The summed E-state index contributed by atoms with van der Waals surface area (Å²) >= 11 is 1.78. The Morgan fingerprint density at radius 3 is 2.78 bits per heavy atom. The zero-order valence-corrected chi connectivity index (χ0v) is 12.2. The first-order chi connectivity index (χ1) is 8.51. The number of amides is 1. The average molecular weight is 267 g/mol. The van der Waals surface area contributed by atoms with Gasteiger partial charge in [0.2, 0.25) is 0 Å². The van der Waals surface area contributed by atoms with E-state index < -0.39 is 0 Å². The topological polar surface area (TPSA) is 58.4 Å². The SMILES string of the molecule is CNC(=O)c1ccc(N)cc1N(C)C(C)CSC. The predicted octanol–water partition coefficient (Wildman–Crippen LogP) is 1.82. The maximum atomic E-state index is 11.8. The minimum Gasteiger partial charge on any atom is -0.399 e. The highest BCUT2D eigenvalue weighted by molar-refractivity contribution is 7.98. The van der Waals surface area contributed by atoms with E-state index in [0.717, 1.165) is 11.4 Å². The molecule has 1 aromatic rings. The minimum atomic E-state index is -0.0896. The monoisotopic (exact) mass is 267 g/mol. The minimum absolute atomic E-state index is 0.0896. The summed E-state index contributed by atoms with van der Waals surface area (Å²) in [7, 11) is 3.62. The Morgan fingerprint density at radius 2 is 2.22 bits per heavy atom. The van der Waals surface area contributed by atoms with Gasteiger partial charge in [0.25, 0.3) is 5.91 Å². The standard InChI is InChI=1S/C13H21N3OS/c1-9(8-18-4)16(3)12-7-10(14)5-6-11(12)13(17)15-2/h5-7,9H,8,14H2,1-4H3,(H,15,17). The summed E-state index contributed by atoms with van der Waals surface area (Å²) in [5.41, 5.74) is 8.01. The summed E-state index contributed by atoms with van der Waals surface area (Å²) in [4.78, 5) is 13.9. The van der Waals surface area contributed by atoms with E-state index in [1.54, 1.807) is 30.9 Å². The van der Waals surface area contributed by atoms with Gasteiger partial charge in [0.15, 0.2) is 0 Å². The van der Waals surface area contributed by atoms with Crippen LogP contribution >= 0.6 is 11.8 Å². The number of nitrogens with zero attached hydrogens (tertiary/aromatic N) is 1. The van der Waals surface area contributed by atoms with Gasteiger partial charge in [-0.25, -0.2) is 0 Å². The Hall–Kier alpha value is -1.36. The molecule has 0 aliphatic carbocycles. The van der Waals surface area contributed by atoms with Crippen LogP contribution in [0, 0.1) is 0 Å². The van der Waals surface area contributed by atoms with E-state index in [1.807, 2.05) is 13.1 Å². The maximum Gasteiger partial charge on any atom is 0.253 e. The van der Waals surface area contributed by atoms with Crippen LogP contribution in [0.3, 0.4) is 0 Å². The third kappa shape index (κ3) is 3.32. The van der Waals surface area contributed by atoms with Gasteiger partial charge in [-0.1, -0.05) is 0 Å². The van der Waals surface area contributed by atoms with Gasteiger partial charge in [0.1, 0.15) is 0 Å². The van der Waals surface area contributed by atoms with Crippen LogP contribution < -0.4 is 16.0 Å². The molecule has 0 saturated carbocycles. The Labute approximate surface area is 113 Å².